The van der Waals surface area contributed by atoms with E-state index in [1.807, 2.05) is 13.0 Å². The number of hydrogen-bond donors (Lipinski definition) is 1. The second-order valence-electron chi connectivity index (χ2n) is 7.83. The average molecular weight is 456 g/mol. The summed E-state index contributed by atoms with van der Waals surface area (Å²) in [5.74, 6) is 0.540. The number of carbonyl (C=O) groups is 1. The summed E-state index contributed by atoms with van der Waals surface area (Å²) in [6, 6.07) is 10.5. The SMILES string of the molecule is CCN(CC)S(=O)(=O)c1ccc(C)c(NC(=O)C2CCN(c3ccc(C#N)cn3)CC2)c1. The van der Waals surface area contributed by atoms with Gasteiger partial charge >= 0.3 is 0 Å². The van der Waals surface area contributed by atoms with E-state index in [1.165, 1.54) is 4.31 Å². The highest BCUT2D eigenvalue weighted by molar-refractivity contribution is 7.89. The number of nitrogens with zero attached hydrogens (tertiary/aromatic N) is 4. The fourth-order valence-corrected chi connectivity index (χ4v) is 5.34. The van der Waals surface area contributed by atoms with Gasteiger partial charge in [-0.3, -0.25) is 4.79 Å². The van der Waals surface area contributed by atoms with Gasteiger partial charge in [-0.25, -0.2) is 13.4 Å². The van der Waals surface area contributed by atoms with E-state index in [0.717, 1.165) is 11.4 Å². The van der Waals surface area contributed by atoms with Gasteiger partial charge in [0.25, 0.3) is 0 Å². The maximum Gasteiger partial charge on any atom is 0.243 e. The summed E-state index contributed by atoms with van der Waals surface area (Å²) >= 11 is 0. The predicted octanol–water partition coefficient (Wildman–Crippen LogP) is 3.15. The van der Waals surface area contributed by atoms with E-state index in [1.54, 1.807) is 44.3 Å². The van der Waals surface area contributed by atoms with Crippen LogP contribution in [-0.4, -0.2) is 49.8 Å². The van der Waals surface area contributed by atoms with Crippen LogP contribution in [0.25, 0.3) is 0 Å². The number of aryl methyl sites for hydroxylation is 1. The molecule has 32 heavy (non-hydrogen) atoms. The van der Waals surface area contributed by atoms with E-state index in [0.29, 0.717) is 50.3 Å². The first-order chi connectivity index (χ1) is 15.3. The fraction of sp³-hybridized carbons (Fsp3) is 0.435. The monoisotopic (exact) mass is 455 g/mol. The Morgan fingerprint density at radius 2 is 1.91 bits per heavy atom. The van der Waals surface area contributed by atoms with Crippen molar-refractivity contribution in [2.24, 2.45) is 5.92 Å². The molecule has 1 fully saturated rings. The number of benzene rings is 1. The van der Waals surface area contributed by atoms with Crippen molar-refractivity contribution < 1.29 is 13.2 Å². The minimum absolute atomic E-state index is 0.0991. The number of piperidine rings is 1. The number of nitriles is 1. The number of amides is 1. The fourth-order valence-electron chi connectivity index (χ4n) is 3.85. The van der Waals surface area contributed by atoms with Crippen molar-refractivity contribution in [1.29, 1.82) is 5.26 Å². The Morgan fingerprint density at radius 3 is 2.47 bits per heavy atom. The molecule has 2 aromatic rings. The molecule has 1 aromatic heterocycles. The van der Waals surface area contributed by atoms with Crippen LogP contribution in [-0.2, 0) is 14.8 Å². The van der Waals surface area contributed by atoms with E-state index >= 15 is 0 Å². The van der Waals surface area contributed by atoms with Crippen LogP contribution in [0, 0.1) is 24.2 Å². The summed E-state index contributed by atoms with van der Waals surface area (Å²) in [6.07, 6.45) is 2.89. The Morgan fingerprint density at radius 1 is 1.22 bits per heavy atom. The summed E-state index contributed by atoms with van der Waals surface area (Å²) in [7, 11) is -3.60. The topological polar surface area (TPSA) is 106 Å². The standard InChI is InChI=1S/C23H29N5O3S/c1-4-28(5-2)32(30,31)20-8-6-17(3)21(14-20)26-23(29)19-10-12-27(13-11-19)22-9-7-18(15-24)16-25-22/h6-9,14,16,19H,4-5,10-13H2,1-3H3,(H,26,29). The van der Waals surface area contributed by atoms with Crippen molar-refractivity contribution in [3.8, 4) is 6.07 Å². The molecule has 8 nitrogen and oxygen atoms in total. The summed E-state index contributed by atoms with van der Waals surface area (Å²) < 4.78 is 27.1. The highest BCUT2D eigenvalue weighted by atomic mass is 32.2. The van der Waals surface area contributed by atoms with Crippen LogP contribution < -0.4 is 10.2 Å². The maximum absolute atomic E-state index is 12.9. The van der Waals surface area contributed by atoms with Gasteiger partial charge in [-0.2, -0.15) is 9.57 Å². The van der Waals surface area contributed by atoms with Crippen molar-refractivity contribution in [1.82, 2.24) is 9.29 Å². The lowest BCUT2D eigenvalue weighted by atomic mass is 9.95. The summed E-state index contributed by atoms with van der Waals surface area (Å²) in [6.45, 7) is 7.61. The second-order valence-corrected chi connectivity index (χ2v) is 9.77. The van der Waals surface area contributed by atoms with Crippen molar-refractivity contribution in [2.75, 3.05) is 36.4 Å². The molecular formula is C23H29N5O3S. The number of anilines is 2. The van der Waals surface area contributed by atoms with Crippen LogP contribution in [0.4, 0.5) is 11.5 Å². The highest BCUT2D eigenvalue weighted by Gasteiger charge is 2.27. The normalized spacial score (nSPS) is 14.9. The van der Waals surface area contributed by atoms with Gasteiger partial charge in [0, 0.05) is 44.0 Å². The summed E-state index contributed by atoms with van der Waals surface area (Å²) in [4.78, 5) is 19.5. The van der Waals surface area contributed by atoms with E-state index in [4.69, 9.17) is 5.26 Å². The lowest BCUT2D eigenvalue weighted by Crippen LogP contribution is -2.38. The summed E-state index contributed by atoms with van der Waals surface area (Å²) in [5, 5.41) is 11.9. The number of rotatable bonds is 7. The zero-order valence-electron chi connectivity index (χ0n) is 18.7. The van der Waals surface area contributed by atoms with Crippen LogP contribution in [0.1, 0.15) is 37.8 Å². The number of carbonyl (C=O) groups excluding carboxylic acids is 1. The molecule has 0 atom stereocenters. The molecule has 0 bridgehead atoms. The third-order valence-corrected chi connectivity index (χ3v) is 7.92. The van der Waals surface area contributed by atoms with E-state index in [2.05, 4.69) is 21.3 Å². The zero-order chi connectivity index (χ0) is 23.3. The third-order valence-electron chi connectivity index (χ3n) is 5.88. The third kappa shape index (κ3) is 5.09. The molecule has 0 spiro atoms. The first kappa shape index (κ1) is 23.7. The molecule has 0 unspecified atom stereocenters. The lowest BCUT2D eigenvalue weighted by Gasteiger charge is -2.32. The van der Waals surface area contributed by atoms with Crippen LogP contribution in [0.15, 0.2) is 41.4 Å². The van der Waals surface area contributed by atoms with Crippen LogP contribution in [0.2, 0.25) is 0 Å². The van der Waals surface area contributed by atoms with Gasteiger partial charge in [0.2, 0.25) is 15.9 Å². The van der Waals surface area contributed by atoms with Gasteiger partial charge in [0.15, 0.2) is 0 Å². The highest BCUT2D eigenvalue weighted by Crippen LogP contribution is 2.26. The molecule has 1 aliphatic rings. The van der Waals surface area contributed by atoms with Gasteiger partial charge in [-0.05, 0) is 49.6 Å². The first-order valence-electron chi connectivity index (χ1n) is 10.8. The first-order valence-corrected chi connectivity index (χ1v) is 12.3. The van der Waals surface area contributed by atoms with Gasteiger partial charge in [-0.1, -0.05) is 19.9 Å². The predicted molar refractivity (Wildman–Crippen MR) is 124 cm³/mol. The smallest absolute Gasteiger partial charge is 0.243 e. The molecule has 0 radical (unpaired) electrons. The molecule has 170 valence electrons. The second kappa shape index (κ2) is 10.1. The van der Waals surface area contributed by atoms with Crippen molar-refractivity contribution in [3.63, 3.8) is 0 Å². The van der Waals surface area contributed by atoms with Crippen molar-refractivity contribution in [2.45, 2.75) is 38.5 Å². The van der Waals surface area contributed by atoms with Crippen molar-refractivity contribution in [3.05, 3.63) is 47.7 Å². The molecule has 1 aromatic carbocycles. The minimum atomic E-state index is -3.60. The van der Waals surface area contributed by atoms with Crippen molar-refractivity contribution >= 4 is 27.4 Å². The quantitative estimate of drug-likeness (QED) is 0.687. The van der Waals surface area contributed by atoms with Crippen LogP contribution >= 0.6 is 0 Å². The number of pyridine rings is 1. The van der Waals surface area contributed by atoms with E-state index in [-0.39, 0.29) is 16.7 Å². The van der Waals surface area contributed by atoms with Gasteiger partial charge in [0.05, 0.1) is 10.5 Å². The molecule has 1 amide bonds. The average Bonchev–Trinajstić information content (AvgIpc) is 2.81. The maximum atomic E-state index is 12.9. The Balaban J connectivity index is 1.67. The molecule has 3 rings (SSSR count). The Bertz CT molecular complexity index is 1100. The molecule has 0 saturated carbocycles. The Kier molecular flexibility index (Phi) is 7.48. The van der Waals surface area contributed by atoms with Gasteiger partial charge in [0.1, 0.15) is 11.9 Å². The van der Waals surface area contributed by atoms with E-state index in [9.17, 15) is 13.2 Å². The largest absolute Gasteiger partial charge is 0.357 e. The zero-order valence-corrected chi connectivity index (χ0v) is 19.5. The molecular weight excluding hydrogens is 426 g/mol. The number of aromatic nitrogens is 1. The number of hydrogen-bond acceptors (Lipinski definition) is 6. The molecule has 2 heterocycles. The molecule has 9 heteroatoms. The van der Waals surface area contributed by atoms with Crippen LogP contribution in [0.5, 0.6) is 0 Å². The Hall–Kier alpha value is -2.96. The van der Waals surface area contributed by atoms with Crippen LogP contribution in [0.3, 0.4) is 0 Å². The Labute approximate surface area is 189 Å². The molecule has 1 N–H and O–H groups in total. The number of nitrogens with one attached hydrogen (secondary N) is 1. The van der Waals surface area contributed by atoms with E-state index < -0.39 is 10.0 Å². The molecule has 0 aliphatic carbocycles. The molecule has 1 saturated heterocycles. The lowest BCUT2D eigenvalue weighted by molar-refractivity contribution is -0.120. The minimum Gasteiger partial charge on any atom is -0.357 e. The van der Waals surface area contributed by atoms with Gasteiger partial charge in [-0.15, -0.1) is 0 Å². The molecule has 1 aliphatic heterocycles. The number of sulfonamides is 1. The van der Waals surface area contributed by atoms with Gasteiger partial charge < -0.3 is 10.2 Å². The summed E-state index contributed by atoms with van der Waals surface area (Å²) in [5.41, 5.74) is 1.86.